The second-order valence-corrected chi connectivity index (χ2v) is 11.9. The second-order valence-electron chi connectivity index (χ2n) is 11.9. The lowest BCUT2D eigenvalue weighted by Gasteiger charge is -2.41. The van der Waals surface area contributed by atoms with Crippen LogP contribution < -0.4 is 15.5 Å². The maximum absolute atomic E-state index is 14.0. The first-order valence-electron chi connectivity index (χ1n) is 13.7. The third-order valence-corrected chi connectivity index (χ3v) is 7.56. The number of ether oxygens (including phenoxy) is 1. The summed E-state index contributed by atoms with van der Waals surface area (Å²) in [7, 11) is 0. The van der Waals surface area contributed by atoms with Gasteiger partial charge in [0.15, 0.2) is 0 Å². The van der Waals surface area contributed by atoms with E-state index in [0.717, 1.165) is 19.3 Å². The van der Waals surface area contributed by atoms with E-state index >= 15 is 0 Å². The Bertz CT molecular complexity index is 1280. The molecule has 0 spiro atoms. The molecule has 2 heterocycles. The minimum Gasteiger partial charge on any atom is -0.444 e. The number of halogens is 3. The van der Waals surface area contributed by atoms with Crippen LogP contribution in [0.5, 0.6) is 0 Å². The Hall–Kier alpha value is -3.55. The van der Waals surface area contributed by atoms with Gasteiger partial charge < -0.3 is 20.3 Å². The average molecular weight is 560 g/mol. The number of carbonyl (C=O) groups excluding carboxylic acids is 2. The van der Waals surface area contributed by atoms with Crippen LogP contribution in [0.15, 0.2) is 30.5 Å². The molecule has 0 radical (unpaired) electrons. The minimum absolute atomic E-state index is 0.0385. The number of benzene rings is 1. The standard InChI is InChI=1S/C29H36F3N5O3/c1-27(2,3)40-26(39)36-28(11-5-4-6-12-28)15-24(38)35-21-14-20(29(30,31)32)17-37(18-21)23-10-9-19(16-33)25-22(23)8-7-13-34-25/h7-10,13,20-21H,4-6,11-12,14-15,17-18H2,1-3H3,(H,35,38)(H,36,39). The number of anilines is 1. The Morgan fingerprint density at radius 3 is 2.52 bits per heavy atom. The number of fused-ring (bicyclic) bond motifs is 1. The Balaban J connectivity index is 1.54. The van der Waals surface area contributed by atoms with Crippen LogP contribution in [0.4, 0.5) is 23.7 Å². The number of alkyl carbamates (subject to hydrolysis) is 1. The van der Waals surface area contributed by atoms with E-state index in [1.54, 1.807) is 49.9 Å². The molecule has 2 unspecified atom stereocenters. The summed E-state index contributed by atoms with van der Waals surface area (Å²) >= 11 is 0. The normalized spacial score (nSPS) is 21.4. The lowest BCUT2D eigenvalue weighted by Crippen LogP contribution is -2.57. The lowest BCUT2D eigenvalue weighted by atomic mass is 9.79. The highest BCUT2D eigenvalue weighted by Gasteiger charge is 2.46. The molecule has 0 bridgehead atoms. The van der Waals surface area contributed by atoms with E-state index < -0.39 is 41.3 Å². The van der Waals surface area contributed by atoms with Gasteiger partial charge in [-0.15, -0.1) is 0 Å². The highest BCUT2D eigenvalue weighted by atomic mass is 19.4. The molecular weight excluding hydrogens is 523 g/mol. The predicted molar refractivity (Wildman–Crippen MR) is 145 cm³/mol. The van der Waals surface area contributed by atoms with Gasteiger partial charge in [0.2, 0.25) is 5.91 Å². The molecule has 4 rings (SSSR count). The van der Waals surface area contributed by atoms with Gasteiger partial charge >= 0.3 is 12.3 Å². The first-order chi connectivity index (χ1) is 18.8. The summed E-state index contributed by atoms with van der Waals surface area (Å²) in [6.07, 6.45) is 0.0160. The molecule has 1 aromatic heterocycles. The Morgan fingerprint density at radius 2 is 1.88 bits per heavy atom. The first kappa shape index (κ1) is 29.4. The van der Waals surface area contributed by atoms with E-state index in [4.69, 9.17) is 4.74 Å². The van der Waals surface area contributed by atoms with Crippen molar-refractivity contribution in [3.63, 3.8) is 0 Å². The molecule has 2 N–H and O–H groups in total. The van der Waals surface area contributed by atoms with Crippen LogP contribution >= 0.6 is 0 Å². The van der Waals surface area contributed by atoms with Gasteiger partial charge in [0, 0.05) is 42.8 Å². The monoisotopic (exact) mass is 559 g/mol. The molecule has 40 heavy (non-hydrogen) atoms. The fourth-order valence-corrected chi connectivity index (χ4v) is 5.84. The summed E-state index contributed by atoms with van der Waals surface area (Å²) in [5, 5.41) is 15.8. The van der Waals surface area contributed by atoms with Gasteiger partial charge in [-0.2, -0.15) is 18.4 Å². The van der Waals surface area contributed by atoms with Gasteiger partial charge in [-0.25, -0.2) is 4.79 Å². The van der Waals surface area contributed by atoms with Crippen molar-refractivity contribution in [1.82, 2.24) is 15.6 Å². The van der Waals surface area contributed by atoms with Crippen molar-refractivity contribution in [2.24, 2.45) is 5.92 Å². The van der Waals surface area contributed by atoms with Gasteiger partial charge in [-0.3, -0.25) is 9.78 Å². The third kappa shape index (κ3) is 7.14. The van der Waals surface area contributed by atoms with Crippen LogP contribution in [0.2, 0.25) is 0 Å². The van der Waals surface area contributed by atoms with Crippen molar-refractivity contribution < 1.29 is 27.5 Å². The summed E-state index contributed by atoms with van der Waals surface area (Å²) in [6.45, 7) is 5.17. The van der Waals surface area contributed by atoms with Crippen molar-refractivity contribution in [3.05, 3.63) is 36.0 Å². The minimum atomic E-state index is -4.45. The molecule has 8 nitrogen and oxygen atoms in total. The number of nitrogens with zero attached hydrogens (tertiary/aromatic N) is 3. The fourth-order valence-electron chi connectivity index (χ4n) is 5.84. The van der Waals surface area contributed by atoms with Gasteiger partial charge in [0.05, 0.1) is 22.5 Å². The molecule has 1 saturated heterocycles. The highest BCUT2D eigenvalue weighted by molar-refractivity contribution is 5.95. The Morgan fingerprint density at radius 1 is 1.15 bits per heavy atom. The zero-order chi connectivity index (χ0) is 29.1. The van der Waals surface area contributed by atoms with Gasteiger partial charge in [0.25, 0.3) is 0 Å². The Kier molecular flexibility index (Phi) is 8.47. The van der Waals surface area contributed by atoms with Gasteiger partial charge in [-0.1, -0.05) is 19.3 Å². The molecule has 2 aliphatic rings. The number of pyridine rings is 1. The SMILES string of the molecule is CC(C)(C)OC(=O)NC1(CC(=O)NC2CC(C(F)(F)F)CN(c3ccc(C#N)c4ncccc34)C2)CCCCC1. The van der Waals surface area contributed by atoms with E-state index in [2.05, 4.69) is 21.7 Å². The number of nitrogens with one attached hydrogen (secondary N) is 2. The van der Waals surface area contributed by atoms with Crippen LogP contribution in [0.1, 0.15) is 71.3 Å². The van der Waals surface area contributed by atoms with Crippen LogP contribution in [-0.2, 0) is 9.53 Å². The van der Waals surface area contributed by atoms with Crippen molar-refractivity contribution in [3.8, 4) is 6.07 Å². The van der Waals surface area contributed by atoms with E-state index in [-0.39, 0.29) is 25.9 Å². The van der Waals surface area contributed by atoms with Crippen LogP contribution in [0, 0.1) is 17.2 Å². The molecule has 2 atom stereocenters. The highest BCUT2D eigenvalue weighted by Crippen LogP contribution is 2.38. The molecule has 2 fully saturated rings. The van der Waals surface area contributed by atoms with Crippen molar-refractivity contribution in [2.45, 2.75) is 89.1 Å². The third-order valence-electron chi connectivity index (χ3n) is 7.56. The first-order valence-corrected chi connectivity index (χ1v) is 13.7. The summed E-state index contributed by atoms with van der Waals surface area (Å²) in [6, 6.07) is 7.93. The van der Waals surface area contributed by atoms with Gasteiger partial charge in [-0.05, 0) is 64.3 Å². The number of aromatic nitrogens is 1. The van der Waals surface area contributed by atoms with Crippen molar-refractivity contribution >= 4 is 28.6 Å². The lowest BCUT2D eigenvalue weighted by molar-refractivity contribution is -0.178. The molecular formula is C29H36F3N5O3. The number of hydrogen-bond acceptors (Lipinski definition) is 6. The Labute approximate surface area is 232 Å². The number of nitriles is 1. The fraction of sp³-hybridized carbons (Fsp3) is 0.586. The molecule has 216 valence electrons. The summed E-state index contributed by atoms with van der Waals surface area (Å²) < 4.78 is 47.5. The number of rotatable bonds is 5. The van der Waals surface area contributed by atoms with Gasteiger partial charge in [0.1, 0.15) is 11.7 Å². The number of piperidine rings is 1. The number of alkyl halides is 3. The maximum atomic E-state index is 14.0. The smallest absolute Gasteiger partial charge is 0.408 e. The van der Waals surface area contributed by atoms with E-state index in [1.165, 1.54) is 6.20 Å². The molecule has 2 amide bonds. The molecule has 1 aliphatic heterocycles. The zero-order valence-corrected chi connectivity index (χ0v) is 23.1. The summed E-state index contributed by atoms with van der Waals surface area (Å²) in [5.74, 6) is -2.06. The quantitative estimate of drug-likeness (QED) is 0.494. The van der Waals surface area contributed by atoms with Crippen LogP contribution in [0.3, 0.4) is 0 Å². The molecule has 1 aliphatic carbocycles. The van der Waals surface area contributed by atoms with E-state index in [1.807, 2.05) is 0 Å². The number of amides is 2. The number of hydrogen-bond donors (Lipinski definition) is 2. The van der Waals surface area contributed by atoms with E-state index in [9.17, 15) is 28.0 Å². The predicted octanol–water partition coefficient (Wildman–Crippen LogP) is 5.60. The summed E-state index contributed by atoms with van der Waals surface area (Å²) in [5.41, 5.74) is -0.220. The topological polar surface area (TPSA) is 107 Å². The molecule has 1 saturated carbocycles. The largest absolute Gasteiger partial charge is 0.444 e. The molecule has 11 heteroatoms. The second kappa shape index (κ2) is 11.5. The average Bonchev–Trinajstić information content (AvgIpc) is 2.86. The molecule has 1 aromatic carbocycles. The maximum Gasteiger partial charge on any atom is 0.408 e. The van der Waals surface area contributed by atoms with Crippen LogP contribution in [-0.4, -0.2) is 53.4 Å². The zero-order valence-electron chi connectivity index (χ0n) is 23.1. The number of carbonyl (C=O) groups is 2. The van der Waals surface area contributed by atoms with Crippen LogP contribution in [0.25, 0.3) is 10.9 Å². The van der Waals surface area contributed by atoms with Crippen molar-refractivity contribution in [2.75, 3.05) is 18.0 Å². The molecule has 2 aromatic rings. The summed E-state index contributed by atoms with van der Waals surface area (Å²) in [4.78, 5) is 31.8. The van der Waals surface area contributed by atoms with E-state index in [0.29, 0.717) is 35.0 Å². The van der Waals surface area contributed by atoms with Crippen molar-refractivity contribution in [1.29, 1.82) is 5.26 Å².